The fourth-order valence-electron chi connectivity index (χ4n) is 3.12. The van der Waals surface area contributed by atoms with Crippen LogP contribution in [0.15, 0.2) is 18.2 Å². The molecular formula is C13H14ClNO. The van der Waals surface area contributed by atoms with Crippen molar-refractivity contribution < 1.29 is 4.79 Å². The maximum absolute atomic E-state index is 12.1. The first-order chi connectivity index (χ1) is 7.62. The number of carbonyl (C=O) groups is 1. The molecule has 2 nitrogen and oxygen atoms in total. The van der Waals surface area contributed by atoms with Crippen molar-refractivity contribution in [2.75, 3.05) is 13.1 Å². The molecule has 1 aromatic carbocycles. The highest BCUT2D eigenvalue weighted by atomic mass is 35.5. The molecule has 0 aromatic heterocycles. The first kappa shape index (κ1) is 10.3. The molecule has 0 spiro atoms. The zero-order valence-electron chi connectivity index (χ0n) is 9.22. The van der Waals surface area contributed by atoms with E-state index >= 15 is 0 Å². The molecule has 0 amide bonds. The lowest BCUT2D eigenvalue weighted by molar-refractivity contribution is 0.0898. The molecule has 1 fully saturated rings. The minimum atomic E-state index is 0.0781. The van der Waals surface area contributed by atoms with Crippen molar-refractivity contribution in [3.63, 3.8) is 0 Å². The lowest BCUT2D eigenvalue weighted by Crippen LogP contribution is -2.33. The third kappa shape index (κ3) is 1.26. The van der Waals surface area contributed by atoms with E-state index in [0.717, 1.165) is 24.2 Å². The Morgan fingerprint density at radius 3 is 3.12 bits per heavy atom. The molecule has 0 radical (unpaired) electrons. The largest absolute Gasteiger partial charge is 0.316 e. The first-order valence-electron chi connectivity index (χ1n) is 5.64. The van der Waals surface area contributed by atoms with Gasteiger partial charge in [-0.2, -0.15) is 0 Å². The molecule has 1 aliphatic heterocycles. The molecule has 3 heteroatoms. The zero-order chi connectivity index (χ0) is 11.3. The van der Waals surface area contributed by atoms with Gasteiger partial charge in [0.15, 0.2) is 5.78 Å². The predicted octanol–water partition coefficient (Wildman–Crippen LogP) is 2.62. The smallest absolute Gasteiger partial charge is 0.165 e. The highest BCUT2D eigenvalue weighted by Crippen LogP contribution is 2.48. The van der Waals surface area contributed by atoms with Crippen molar-refractivity contribution in [2.45, 2.75) is 19.3 Å². The molecule has 1 N–H and O–H groups in total. The van der Waals surface area contributed by atoms with Gasteiger partial charge in [0.1, 0.15) is 0 Å². The second-order valence-corrected chi connectivity index (χ2v) is 5.55. The predicted molar refractivity (Wildman–Crippen MR) is 64.1 cm³/mol. The van der Waals surface area contributed by atoms with E-state index in [1.807, 2.05) is 18.2 Å². The summed E-state index contributed by atoms with van der Waals surface area (Å²) in [6.45, 7) is 4.08. The van der Waals surface area contributed by atoms with Crippen LogP contribution < -0.4 is 5.32 Å². The summed E-state index contributed by atoms with van der Waals surface area (Å²) in [6, 6.07) is 5.80. The maximum Gasteiger partial charge on any atom is 0.165 e. The first-order valence-corrected chi connectivity index (χ1v) is 6.02. The summed E-state index contributed by atoms with van der Waals surface area (Å²) < 4.78 is 0. The molecule has 2 aliphatic rings. The van der Waals surface area contributed by atoms with Crippen LogP contribution in [0.4, 0.5) is 0 Å². The number of halogens is 1. The Hall–Kier alpha value is -0.860. The highest BCUT2D eigenvalue weighted by molar-refractivity contribution is 6.34. The Labute approximate surface area is 100.0 Å². The Morgan fingerprint density at radius 2 is 2.31 bits per heavy atom. The van der Waals surface area contributed by atoms with Gasteiger partial charge >= 0.3 is 0 Å². The Morgan fingerprint density at radius 1 is 1.50 bits per heavy atom. The summed E-state index contributed by atoms with van der Waals surface area (Å²) in [5.41, 5.74) is 1.97. The van der Waals surface area contributed by atoms with Crippen LogP contribution in [-0.4, -0.2) is 18.9 Å². The van der Waals surface area contributed by atoms with Crippen molar-refractivity contribution in [1.29, 1.82) is 0 Å². The van der Waals surface area contributed by atoms with Gasteiger partial charge in [0.25, 0.3) is 0 Å². The van der Waals surface area contributed by atoms with Gasteiger partial charge in [0.05, 0.1) is 5.02 Å². The van der Waals surface area contributed by atoms with E-state index in [1.54, 1.807) is 0 Å². The number of carbonyl (C=O) groups excluding carboxylic acids is 1. The molecule has 1 saturated heterocycles. The standard InChI is InChI=1S/C13H14ClNO/c1-13-5-11(16)12-8(3-2-4-10(12)14)9(13)6-15-7-13/h2-4,9,15H,5-7H2,1H3. The third-order valence-electron chi connectivity index (χ3n) is 3.98. The molecule has 2 atom stereocenters. The summed E-state index contributed by atoms with van der Waals surface area (Å²) >= 11 is 6.13. The summed E-state index contributed by atoms with van der Waals surface area (Å²) in [4.78, 5) is 12.1. The summed E-state index contributed by atoms with van der Waals surface area (Å²) in [5, 5.41) is 4.00. The lowest BCUT2D eigenvalue weighted by atomic mass is 9.66. The number of nitrogens with one attached hydrogen (secondary N) is 1. The van der Waals surface area contributed by atoms with Crippen LogP contribution in [0, 0.1) is 5.41 Å². The molecule has 1 aliphatic carbocycles. The summed E-state index contributed by atoms with van der Waals surface area (Å²) in [7, 11) is 0. The Balaban J connectivity index is 2.22. The Bertz CT molecular complexity index is 471. The molecule has 0 saturated carbocycles. The molecular weight excluding hydrogens is 222 g/mol. The highest BCUT2D eigenvalue weighted by Gasteiger charge is 2.46. The average molecular weight is 236 g/mol. The fourth-order valence-corrected chi connectivity index (χ4v) is 3.41. The van der Waals surface area contributed by atoms with Gasteiger partial charge in [-0.15, -0.1) is 0 Å². The van der Waals surface area contributed by atoms with Gasteiger partial charge in [-0.25, -0.2) is 0 Å². The van der Waals surface area contributed by atoms with E-state index in [9.17, 15) is 4.79 Å². The number of benzene rings is 1. The van der Waals surface area contributed by atoms with Crippen molar-refractivity contribution in [1.82, 2.24) is 5.32 Å². The monoisotopic (exact) mass is 235 g/mol. The van der Waals surface area contributed by atoms with Crippen molar-refractivity contribution >= 4 is 17.4 Å². The molecule has 0 bridgehead atoms. The van der Waals surface area contributed by atoms with E-state index in [0.29, 0.717) is 17.4 Å². The number of fused-ring (bicyclic) bond motifs is 3. The van der Waals surface area contributed by atoms with Gasteiger partial charge < -0.3 is 5.32 Å². The minimum absolute atomic E-state index is 0.0781. The lowest BCUT2D eigenvalue weighted by Gasteiger charge is -2.36. The van der Waals surface area contributed by atoms with Crippen LogP contribution in [0.2, 0.25) is 5.02 Å². The zero-order valence-corrected chi connectivity index (χ0v) is 9.97. The van der Waals surface area contributed by atoms with Crippen LogP contribution in [0.1, 0.15) is 35.2 Å². The molecule has 3 rings (SSSR count). The van der Waals surface area contributed by atoms with Crippen molar-refractivity contribution in [3.8, 4) is 0 Å². The van der Waals surface area contributed by atoms with Crippen molar-refractivity contribution in [2.24, 2.45) is 5.41 Å². The second-order valence-electron chi connectivity index (χ2n) is 5.14. The number of hydrogen-bond donors (Lipinski definition) is 1. The van der Waals surface area contributed by atoms with Gasteiger partial charge in [-0.1, -0.05) is 30.7 Å². The molecule has 2 unspecified atom stereocenters. The normalized spacial score (nSPS) is 32.4. The van der Waals surface area contributed by atoms with Crippen LogP contribution in [0.25, 0.3) is 0 Å². The van der Waals surface area contributed by atoms with E-state index in [2.05, 4.69) is 12.2 Å². The SMILES string of the molecule is CC12CNCC1c1cccc(Cl)c1C(=O)C2. The molecule has 16 heavy (non-hydrogen) atoms. The van der Waals surface area contributed by atoms with E-state index < -0.39 is 0 Å². The molecule has 84 valence electrons. The number of hydrogen-bond acceptors (Lipinski definition) is 2. The quantitative estimate of drug-likeness (QED) is 0.749. The van der Waals surface area contributed by atoms with Gasteiger partial charge in [-0.05, 0) is 17.0 Å². The summed E-state index contributed by atoms with van der Waals surface area (Å²) in [6.07, 6.45) is 0.612. The van der Waals surface area contributed by atoms with E-state index in [1.165, 1.54) is 0 Å². The molecule has 1 heterocycles. The number of rotatable bonds is 0. The maximum atomic E-state index is 12.1. The van der Waals surface area contributed by atoms with Crippen LogP contribution in [0.3, 0.4) is 0 Å². The summed E-state index contributed by atoms with van der Waals surface area (Å²) in [5.74, 6) is 0.627. The van der Waals surface area contributed by atoms with Gasteiger partial charge in [0.2, 0.25) is 0 Å². The van der Waals surface area contributed by atoms with Crippen LogP contribution in [0.5, 0.6) is 0 Å². The average Bonchev–Trinajstić information content (AvgIpc) is 2.59. The van der Waals surface area contributed by atoms with Crippen LogP contribution >= 0.6 is 11.6 Å². The van der Waals surface area contributed by atoms with E-state index in [4.69, 9.17) is 11.6 Å². The van der Waals surface area contributed by atoms with Gasteiger partial charge in [-0.3, -0.25) is 4.79 Å². The van der Waals surface area contributed by atoms with E-state index in [-0.39, 0.29) is 11.2 Å². The fraction of sp³-hybridized carbons (Fsp3) is 0.462. The topological polar surface area (TPSA) is 29.1 Å². The third-order valence-corrected chi connectivity index (χ3v) is 4.30. The Kier molecular flexibility index (Phi) is 2.13. The number of ketones is 1. The van der Waals surface area contributed by atoms with Crippen LogP contribution in [-0.2, 0) is 0 Å². The molecule has 1 aromatic rings. The second kappa shape index (κ2) is 3.31. The minimum Gasteiger partial charge on any atom is -0.316 e. The number of Topliss-reactive ketones (excluding diaryl/α,β-unsaturated/α-hetero) is 1. The van der Waals surface area contributed by atoms with Gasteiger partial charge in [0, 0.05) is 31.0 Å². The van der Waals surface area contributed by atoms with Crippen molar-refractivity contribution in [3.05, 3.63) is 34.3 Å².